The number of carbonyl (C=O) groups is 1. The molecular weight excluding hydrogens is 552 g/mol. The van der Waals surface area contributed by atoms with Crippen LogP contribution in [0.25, 0.3) is 0 Å². The second-order valence-corrected chi connectivity index (χ2v) is 8.30. The summed E-state index contributed by atoms with van der Waals surface area (Å²) in [6, 6.07) is 15.2. The molecule has 0 spiro atoms. The number of phenolic OH excluding ortho intramolecular Hbond substituents is 1. The molecule has 0 fully saturated rings. The summed E-state index contributed by atoms with van der Waals surface area (Å²) in [6.07, 6.45) is 1.47. The molecule has 9 heteroatoms. The number of nitrogens with zero attached hydrogens (tertiary/aromatic N) is 1. The average molecular weight is 569 g/mol. The molecule has 0 radical (unpaired) electrons. The van der Waals surface area contributed by atoms with Gasteiger partial charge in [0, 0.05) is 11.6 Å². The Labute approximate surface area is 201 Å². The van der Waals surface area contributed by atoms with Crippen LogP contribution in [0.3, 0.4) is 0 Å². The maximum Gasteiger partial charge on any atom is 0.271 e. The first-order chi connectivity index (χ1) is 14.9. The van der Waals surface area contributed by atoms with Crippen LogP contribution in [0.15, 0.2) is 68.6 Å². The molecule has 0 unspecified atom stereocenters. The van der Waals surface area contributed by atoms with Crippen molar-refractivity contribution >= 4 is 55.6 Å². The number of aromatic hydroxyl groups is 1. The van der Waals surface area contributed by atoms with Gasteiger partial charge in [0.1, 0.15) is 23.0 Å². The van der Waals surface area contributed by atoms with E-state index in [9.17, 15) is 9.90 Å². The molecular formula is C22H17Br2ClN2O4. The Morgan fingerprint density at radius 1 is 1.13 bits per heavy atom. The lowest BCUT2D eigenvalue weighted by Crippen LogP contribution is -2.17. The van der Waals surface area contributed by atoms with E-state index in [1.54, 1.807) is 54.6 Å². The molecule has 0 saturated heterocycles. The fourth-order valence-electron chi connectivity index (χ4n) is 2.54. The van der Waals surface area contributed by atoms with Gasteiger partial charge in [-0.3, -0.25) is 4.79 Å². The molecule has 31 heavy (non-hydrogen) atoms. The number of hydrazone groups is 1. The number of halogens is 3. The lowest BCUT2D eigenvalue weighted by atomic mass is 10.2. The largest absolute Gasteiger partial charge is 0.506 e. The van der Waals surface area contributed by atoms with Crippen LogP contribution in [0.4, 0.5) is 0 Å². The first-order valence-corrected chi connectivity index (χ1v) is 11.1. The van der Waals surface area contributed by atoms with Crippen LogP contribution in [0, 0.1) is 0 Å². The molecule has 1 amide bonds. The standard InChI is InChI=1S/C22H17Br2ClN2O4/c1-2-30-20-7-6-16(11-19(20)25)31-15-5-3-4-14(10-15)22(29)27-26-12-13-8-17(23)21(28)18(24)9-13/h3-12,28H,2H2,1H3,(H,27,29). The number of carbonyl (C=O) groups excluding carboxylic acids is 1. The summed E-state index contributed by atoms with van der Waals surface area (Å²) in [5, 5.41) is 14.1. The van der Waals surface area contributed by atoms with Crippen molar-refractivity contribution in [1.29, 1.82) is 0 Å². The summed E-state index contributed by atoms with van der Waals surface area (Å²) >= 11 is 12.7. The van der Waals surface area contributed by atoms with Gasteiger partial charge in [0.05, 0.1) is 26.8 Å². The molecule has 0 aliphatic heterocycles. The third-order valence-corrected chi connectivity index (χ3v) is 5.46. The van der Waals surface area contributed by atoms with E-state index in [4.69, 9.17) is 21.1 Å². The Bertz CT molecular complexity index is 1120. The molecule has 0 saturated carbocycles. The van der Waals surface area contributed by atoms with Gasteiger partial charge < -0.3 is 14.6 Å². The highest BCUT2D eigenvalue weighted by atomic mass is 79.9. The van der Waals surface area contributed by atoms with Gasteiger partial charge in [-0.15, -0.1) is 0 Å². The van der Waals surface area contributed by atoms with E-state index in [2.05, 4.69) is 42.4 Å². The highest BCUT2D eigenvalue weighted by Crippen LogP contribution is 2.33. The maximum atomic E-state index is 12.4. The number of ether oxygens (including phenoxy) is 2. The van der Waals surface area contributed by atoms with Crippen LogP contribution in [-0.4, -0.2) is 23.8 Å². The SMILES string of the molecule is CCOc1ccc(Oc2cccc(C(=O)NN=Cc3cc(Br)c(O)c(Br)c3)c2)cc1Cl. The monoisotopic (exact) mass is 566 g/mol. The fraction of sp³-hybridized carbons (Fsp3) is 0.0909. The van der Waals surface area contributed by atoms with E-state index >= 15 is 0 Å². The number of phenols is 1. The zero-order valence-electron chi connectivity index (χ0n) is 16.2. The lowest BCUT2D eigenvalue weighted by molar-refractivity contribution is 0.0955. The smallest absolute Gasteiger partial charge is 0.271 e. The molecule has 2 N–H and O–H groups in total. The van der Waals surface area contributed by atoms with E-state index < -0.39 is 5.91 Å². The summed E-state index contributed by atoms with van der Waals surface area (Å²) in [6.45, 7) is 2.39. The summed E-state index contributed by atoms with van der Waals surface area (Å²) in [5.74, 6) is 1.26. The molecule has 160 valence electrons. The zero-order valence-corrected chi connectivity index (χ0v) is 20.2. The molecule has 6 nitrogen and oxygen atoms in total. The minimum Gasteiger partial charge on any atom is -0.506 e. The van der Waals surface area contributed by atoms with E-state index in [1.165, 1.54) is 6.21 Å². The number of benzene rings is 3. The van der Waals surface area contributed by atoms with Crippen molar-refractivity contribution in [2.75, 3.05) is 6.61 Å². The van der Waals surface area contributed by atoms with E-state index in [-0.39, 0.29) is 5.75 Å². The molecule has 3 aromatic rings. The molecule has 3 aromatic carbocycles. The number of hydrogen-bond donors (Lipinski definition) is 2. The van der Waals surface area contributed by atoms with Crippen LogP contribution in [0.5, 0.6) is 23.0 Å². The minimum absolute atomic E-state index is 0.0896. The van der Waals surface area contributed by atoms with Crippen molar-refractivity contribution in [2.45, 2.75) is 6.92 Å². The van der Waals surface area contributed by atoms with Crippen LogP contribution < -0.4 is 14.9 Å². The third kappa shape index (κ3) is 6.22. The van der Waals surface area contributed by atoms with Crippen LogP contribution >= 0.6 is 43.5 Å². The van der Waals surface area contributed by atoms with E-state index in [0.29, 0.717) is 49.0 Å². The second-order valence-electron chi connectivity index (χ2n) is 6.19. The third-order valence-electron chi connectivity index (χ3n) is 3.95. The number of hydrogen-bond acceptors (Lipinski definition) is 5. The molecule has 0 atom stereocenters. The van der Waals surface area contributed by atoms with Crippen molar-refractivity contribution in [2.24, 2.45) is 5.10 Å². The van der Waals surface area contributed by atoms with E-state index in [1.807, 2.05) is 6.92 Å². The van der Waals surface area contributed by atoms with Crippen LogP contribution in [0.1, 0.15) is 22.8 Å². The Morgan fingerprint density at radius 3 is 2.52 bits per heavy atom. The molecule has 3 rings (SSSR count). The Morgan fingerprint density at radius 2 is 1.84 bits per heavy atom. The van der Waals surface area contributed by atoms with Gasteiger partial charge in [0.25, 0.3) is 5.91 Å². The first-order valence-electron chi connectivity index (χ1n) is 9.09. The normalized spacial score (nSPS) is 10.8. The molecule has 0 heterocycles. The highest BCUT2D eigenvalue weighted by molar-refractivity contribution is 9.11. The van der Waals surface area contributed by atoms with Gasteiger partial charge in [-0.2, -0.15) is 5.10 Å². The van der Waals surface area contributed by atoms with Gasteiger partial charge in [-0.05, 0) is 86.8 Å². The first kappa shape index (κ1) is 23.1. The lowest BCUT2D eigenvalue weighted by Gasteiger charge is -2.10. The van der Waals surface area contributed by atoms with Crippen molar-refractivity contribution in [3.8, 4) is 23.0 Å². The van der Waals surface area contributed by atoms with E-state index in [0.717, 1.165) is 0 Å². The van der Waals surface area contributed by atoms with Crippen LogP contribution in [0.2, 0.25) is 5.02 Å². The molecule has 0 bridgehead atoms. The van der Waals surface area contributed by atoms with Gasteiger partial charge in [-0.25, -0.2) is 5.43 Å². The zero-order chi connectivity index (χ0) is 22.4. The summed E-state index contributed by atoms with van der Waals surface area (Å²) in [7, 11) is 0. The Hall–Kier alpha value is -2.55. The van der Waals surface area contributed by atoms with Gasteiger partial charge in [0.2, 0.25) is 0 Å². The van der Waals surface area contributed by atoms with Crippen molar-refractivity contribution in [1.82, 2.24) is 5.43 Å². The van der Waals surface area contributed by atoms with Gasteiger partial charge in [0.15, 0.2) is 0 Å². The quantitative estimate of drug-likeness (QED) is 0.251. The summed E-state index contributed by atoms with van der Waals surface area (Å²) in [4.78, 5) is 12.4. The predicted molar refractivity (Wildman–Crippen MR) is 128 cm³/mol. The minimum atomic E-state index is -0.400. The Balaban J connectivity index is 1.67. The summed E-state index contributed by atoms with van der Waals surface area (Å²) < 4.78 is 12.2. The molecule has 0 aromatic heterocycles. The van der Waals surface area contributed by atoms with Gasteiger partial charge >= 0.3 is 0 Å². The van der Waals surface area contributed by atoms with Crippen molar-refractivity contribution < 1.29 is 19.4 Å². The topological polar surface area (TPSA) is 80.2 Å². The predicted octanol–water partition coefficient (Wildman–Crippen LogP) is 6.53. The highest BCUT2D eigenvalue weighted by Gasteiger charge is 2.09. The molecule has 0 aliphatic carbocycles. The maximum absolute atomic E-state index is 12.4. The second kappa shape index (κ2) is 10.7. The van der Waals surface area contributed by atoms with Crippen molar-refractivity contribution in [3.63, 3.8) is 0 Å². The fourth-order valence-corrected chi connectivity index (χ4v) is 3.99. The number of nitrogens with one attached hydrogen (secondary N) is 1. The summed E-state index contributed by atoms with van der Waals surface area (Å²) in [5.41, 5.74) is 3.52. The van der Waals surface area contributed by atoms with Crippen LogP contribution in [-0.2, 0) is 0 Å². The average Bonchev–Trinajstić information content (AvgIpc) is 2.74. The number of rotatable bonds is 7. The number of amides is 1. The van der Waals surface area contributed by atoms with Gasteiger partial charge in [-0.1, -0.05) is 17.7 Å². The van der Waals surface area contributed by atoms with Crippen molar-refractivity contribution in [3.05, 3.63) is 79.7 Å². The molecule has 0 aliphatic rings. The Kier molecular flexibility index (Phi) is 7.95.